The van der Waals surface area contributed by atoms with Gasteiger partial charge in [-0.2, -0.15) is 5.26 Å². The van der Waals surface area contributed by atoms with Gasteiger partial charge >= 0.3 is 0 Å². The van der Waals surface area contributed by atoms with Gasteiger partial charge in [0, 0.05) is 33.2 Å². The number of hydrogen-bond acceptors (Lipinski definition) is 3. The first-order valence-electron chi connectivity index (χ1n) is 4.92. The molecule has 0 unspecified atom stereocenters. The van der Waals surface area contributed by atoms with Crippen LogP contribution in [-0.2, 0) is 4.74 Å². The van der Waals surface area contributed by atoms with Crippen LogP contribution in [0.4, 0.5) is 0 Å². The smallest absolute Gasteiger partial charge is 0.0635 e. The summed E-state index contributed by atoms with van der Waals surface area (Å²) in [5.41, 5.74) is 1.31. The Morgan fingerprint density at radius 3 is 2.64 bits per heavy atom. The molecule has 0 aromatic rings. The van der Waals surface area contributed by atoms with Gasteiger partial charge in [0.25, 0.3) is 0 Å². The average Bonchev–Trinajstić information content (AvgIpc) is 2.16. The molecule has 0 aliphatic rings. The Morgan fingerprint density at radius 2 is 2.14 bits per heavy atom. The minimum absolute atomic E-state index is 0.584. The molecule has 0 bridgehead atoms. The summed E-state index contributed by atoms with van der Waals surface area (Å²) in [7, 11) is 1.70. The largest absolute Gasteiger partial charge is 0.383 e. The minimum atomic E-state index is 0.584. The molecule has 0 heterocycles. The molecule has 0 saturated heterocycles. The molecule has 3 nitrogen and oxygen atoms in total. The third kappa shape index (κ3) is 7.78. The van der Waals surface area contributed by atoms with E-state index in [2.05, 4.69) is 30.9 Å². The second kappa shape index (κ2) is 8.74. The van der Waals surface area contributed by atoms with E-state index < -0.39 is 0 Å². The number of rotatable bonds is 7. The summed E-state index contributed by atoms with van der Waals surface area (Å²) in [5, 5.41) is 8.49. The van der Waals surface area contributed by atoms with Gasteiger partial charge in [-0.15, -0.1) is 0 Å². The van der Waals surface area contributed by atoms with Crippen LogP contribution in [0.3, 0.4) is 0 Å². The molecule has 0 aromatic heterocycles. The summed E-state index contributed by atoms with van der Waals surface area (Å²) >= 11 is 0. The first-order chi connectivity index (χ1) is 6.70. The fourth-order valence-corrected chi connectivity index (χ4v) is 1.03. The molecule has 0 amide bonds. The van der Waals surface area contributed by atoms with Crippen molar-refractivity contribution in [3.8, 4) is 6.07 Å². The predicted molar refractivity (Wildman–Crippen MR) is 58.0 cm³/mol. The van der Waals surface area contributed by atoms with Crippen LogP contribution in [-0.4, -0.2) is 38.3 Å². The Labute approximate surface area is 87.0 Å². The number of allylic oxidation sites excluding steroid dienone is 1. The molecule has 0 saturated carbocycles. The highest BCUT2D eigenvalue weighted by Gasteiger charge is 2.01. The van der Waals surface area contributed by atoms with E-state index in [4.69, 9.17) is 10.00 Å². The second-order valence-electron chi connectivity index (χ2n) is 3.48. The molecule has 0 atom stereocenters. The molecule has 3 heteroatoms. The summed E-state index contributed by atoms with van der Waals surface area (Å²) in [4.78, 5) is 2.22. The summed E-state index contributed by atoms with van der Waals surface area (Å²) in [5.74, 6) is 0. The number of methoxy groups -OCH3 is 1. The van der Waals surface area contributed by atoms with Crippen LogP contribution in [0.15, 0.2) is 11.6 Å². The first-order valence-corrected chi connectivity index (χ1v) is 4.92. The molecule has 80 valence electrons. The highest BCUT2D eigenvalue weighted by atomic mass is 16.5. The minimum Gasteiger partial charge on any atom is -0.383 e. The highest BCUT2D eigenvalue weighted by molar-refractivity contribution is 4.95. The maximum Gasteiger partial charge on any atom is 0.0635 e. The van der Waals surface area contributed by atoms with Crippen LogP contribution < -0.4 is 0 Å². The number of ether oxygens (including phenoxy) is 1. The zero-order valence-electron chi connectivity index (χ0n) is 9.42. The number of hydrogen-bond donors (Lipinski definition) is 0. The Morgan fingerprint density at radius 1 is 1.43 bits per heavy atom. The molecule has 0 radical (unpaired) electrons. The zero-order chi connectivity index (χ0) is 10.8. The Hall–Kier alpha value is -0.850. The van der Waals surface area contributed by atoms with Gasteiger partial charge in [-0.25, -0.2) is 0 Å². The lowest BCUT2D eigenvalue weighted by Crippen LogP contribution is -2.28. The fourth-order valence-electron chi connectivity index (χ4n) is 1.03. The first kappa shape index (κ1) is 13.2. The molecule has 0 spiro atoms. The van der Waals surface area contributed by atoms with Crippen LogP contribution in [0, 0.1) is 11.3 Å². The van der Waals surface area contributed by atoms with Crippen molar-refractivity contribution in [1.29, 1.82) is 5.26 Å². The number of nitriles is 1. The molecule has 0 aromatic carbocycles. The van der Waals surface area contributed by atoms with E-state index in [9.17, 15) is 0 Å². The van der Waals surface area contributed by atoms with Crippen LogP contribution in [0.1, 0.15) is 20.3 Å². The van der Waals surface area contributed by atoms with Crippen molar-refractivity contribution in [2.75, 3.05) is 33.4 Å². The maximum atomic E-state index is 8.49. The van der Waals surface area contributed by atoms with Crippen molar-refractivity contribution in [1.82, 2.24) is 4.90 Å². The van der Waals surface area contributed by atoms with Crippen LogP contribution in [0.5, 0.6) is 0 Å². The van der Waals surface area contributed by atoms with E-state index in [1.165, 1.54) is 5.57 Å². The van der Waals surface area contributed by atoms with Gasteiger partial charge in [-0.1, -0.05) is 11.6 Å². The van der Waals surface area contributed by atoms with E-state index in [1.807, 2.05) is 0 Å². The third-order valence-corrected chi connectivity index (χ3v) is 1.91. The summed E-state index contributed by atoms with van der Waals surface area (Å²) < 4.78 is 5.01. The van der Waals surface area contributed by atoms with Gasteiger partial charge in [-0.05, 0) is 13.8 Å². The fraction of sp³-hybridized carbons (Fsp3) is 0.727. The molecule has 14 heavy (non-hydrogen) atoms. The average molecular weight is 196 g/mol. The second-order valence-corrected chi connectivity index (χ2v) is 3.48. The van der Waals surface area contributed by atoms with E-state index in [0.717, 1.165) is 26.2 Å². The molecular weight excluding hydrogens is 176 g/mol. The lowest BCUT2D eigenvalue weighted by atomic mass is 10.3. The quantitative estimate of drug-likeness (QED) is 0.583. The predicted octanol–water partition coefficient (Wildman–Crippen LogP) is 1.81. The van der Waals surface area contributed by atoms with Crippen LogP contribution in [0.25, 0.3) is 0 Å². The monoisotopic (exact) mass is 196 g/mol. The Balaban J connectivity index is 3.85. The van der Waals surface area contributed by atoms with Gasteiger partial charge in [0.2, 0.25) is 0 Å². The normalized spacial score (nSPS) is 9.93. The summed E-state index contributed by atoms with van der Waals surface area (Å²) in [6.45, 7) is 7.51. The van der Waals surface area contributed by atoms with Gasteiger partial charge in [0.1, 0.15) is 0 Å². The van der Waals surface area contributed by atoms with E-state index in [-0.39, 0.29) is 0 Å². The topological polar surface area (TPSA) is 36.3 Å². The lowest BCUT2D eigenvalue weighted by molar-refractivity contribution is 0.155. The Kier molecular flexibility index (Phi) is 8.20. The van der Waals surface area contributed by atoms with Gasteiger partial charge < -0.3 is 4.74 Å². The molecule has 0 aliphatic carbocycles. The van der Waals surface area contributed by atoms with E-state index >= 15 is 0 Å². The van der Waals surface area contributed by atoms with Crippen molar-refractivity contribution >= 4 is 0 Å². The Bertz CT molecular complexity index is 202. The number of nitrogens with zero attached hydrogens (tertiary/aromatic N) is 2. The van der Waals surface area contributed by atoms with Crippen molar-refractivity contribution in [3.63, 3.8) is 0 Å². The maximum absolute atomic E-state index is 8.49. The van der Waals surface area contributed by atoms with Crippen LogP contribution in [0.2, 0.25) is 0 Å². The standard InChI is InChI=1S/C11H20N2O/c1-11(2)5-8-13(7-4-6-12)9-10-14-3/h5H,4,7-10H2,1-3H3. The molecule has 0 fully saturated rings. The molecular formula is C11H20N2O. The van der Waals surface area contributed by atoms with E-state index in [0.29, 0.717) is 6.42 Å². The molecule has 0 rings (SSSR count). The zero-order valence-corrected chi connectivity index (χ0v) is 9.42. The van der Waals surface area contributed by atoms with Gasteiger partial charge in [0.05, 0.1) is 12.7 Å². The van der Waals surface area contributed by atoms with Crippen molar-refractivity contribution in [3.05, 3.63) is 11.6 Å². The third-order valence-electron chi connectivity index (χ3n) is 1.91. The van der Waals surface area contributed by atoms with Crippen LogP contribution >= 0.6 is 0 Å². The summed E-state index contributed by atoms with van der Waals surface area (Å²) in [6.07, 6.45) is 2.76. The SMILES string of the molecule is COCCN(CC=C(C)C)CCC#N. The lowest BCUT2D eigenvalue weighted by Gasteiger charge is -2.18. The molecule has 0 N–H and O–H groups in total. The van der Waals surface area contributed by atoms with Gasteiger partial charge in [0.15, 0.2) is 0 Å². The highest BCUT2D eigenvalue weighted by Crippen LogP contribution is 1.95. The van der Waals surface area contributed by atoms with Gasteiger partial charge in [-0.3, -0.25) is 4.90 Å². The summed E-state index contributed by atoms with van der Waals surface area (Å²) in [6, 6.07) is 2.16. The van der Waals surface area contributed by atoms with Crippen molar-refractivity contribution < 1.29 is 4.74 Å². The van der Waals surface area contributed by atoms with E-state index in [1.54, 1.807) is 7.11 Å². The molecule has 0 aliphatic heterocycles. The van der Waals surface area contributed by atoms with Crippen molar-refractivity contribution in [2.24, 2.45) is 0 Å². The van der Waals surface area contributed by atoms with Crippen molar-refractivity contribution in [2.45, 2.75) is 20.3 Å².